The molecular formula is C11H11NO4. The third kappa shape index (κ3) is 2.91. The zero-order valence-electron chi connectivity index (χ0n) is 8.69. The molecule has 1 aromatic rings. The van der Waals surface area contributed by atoms with Crippen molar-refractivity contribution in [3.63, 3.8) is 0 Å². The third-order valence-electron chi connectivity index (χ3n) is 1.93. The standard InChI is InChI=1S/C11H11NO4/c1-6(13)2-10(15)7-3-8(11(12)16)5-9(14)4-7/h3-5,14H,2H2,1H3,(H2,12,16). The van der Waals surface area contributed by atoms with E-state index in [1.54, 1.807) is 0 Å². The van der Waals surface area contributed by atoms with Crippen molar-refractivity contribution in [2.45, 2.75) is 13.3 Å². The summed E-state index contributed by atoms with van der Waals surface area (Å²) in [6.07, 6.45) is -0.262. The number of hydrogen-bond donors (Lipinski definition) is 2. The maximum atomic E-state index is 11.5. The van der Waals surface area contributed by atoms with E-state index in [2.05, 4.69) is 0 Å². The highest BCUT2D eigenvalue weighted by Gasteiger charge is 2.12. The second kappa shape index (κ2) is 4.57. The van der Waals surface area contributed by atoms with Gasteiger partial charge in [0.25, 0.3) is 0 Å². The Morgan fingerprint density at radius 1 is 1.19 bits per heavy atom. The Kier molecular flexibility index (Phi) is 3.40. The molecule has 0 unspecified atom stereocenters. The van der Waals surface area contributed by atoms with E-state index in [1.165, 1.54) is 19.1 Å². The predicted octanol–water partition coefficient (Wildman–Crippen LogP) is 0.653. The van der Waals surface area contributed by atoms with E-state index in [0.29, 0.717) is 0 Å². The lowest BCUT2D eigenvalue weighted by Gasteiger charge is -2.02. The number of rotatable bonds is 4. The highest BCUT2D eigenvalue weighted by Crippen LogP contribution is 2.17. The minimum Gasteiger partial charge on any atom is -0.508 e. The van der Waals surface area contributed by atoms with Gasteiger partial charge in [-0.05, 0) is 25.1 Å². The van der Waals surface area contributed by atoms with E-state index in [9.17, 15) is 19.5 Å². The topological polar surface area (TPSA) is 97.5 Å². The Balaban J connectivity index is 3.09. The first-order valence-corrected chi connectivity index (χ1v) is 4.56. The van der Waals surface area contributed by atoms with Gasteiger partial charge in [-0.3, -0.25) is 14.4 Å². The second-order valence-corrected chi connectivity index (χ2v) is 3.43. The number of amides is 1. The van der Waals surface area contributed by atoms with Gasteiger partial charge in [0.15, 0.2) is 5.78 Å². The molecule has 0 aliphatic rings. The molecule has 0 aliphatic heterocycles. The van der Waals surface area contributed by atoms with Gasteiger partial charge in [0.1, 0.15) is 11.5 Å². The highest BCUT2D eigenvalue weighted by molar-refractivity contribution is 6.08. The molecule has 0 saturated carbocycles. The van der Waals surface area contributed by atoms with Crippen LogP contribution in [0.15, 0.2) is 18.2 Å². The van der Waals surface area contributed by atoms with Crippen LogP contribution >= 0.6 is 0 Å². The molecule has 0 aliphatic carbocycles. The number of ketones is 2. The number of carbonyl (C=O) groups is 3. The normalized spacial score (nSPS) is 9.81. The fourth-order valence-electron chi connectivity index (χ4n) is 1.24. The van der Waals surface area contributed by atoms with Crippen molar-refractivity contribution >= 4 is 17.5 Å². The largest absolute Gasteiger partial charge is 0.508 e. The highest BCUT2D eigenvalue weighted by atomic mass is 16.3. The minimum atomic E-state index is -0.743. The summed E-state index contributed by atoms with van der Waals surface area (Å²) in [6, 6.07) is 3.61. The molecule has 1 rings (SSSR count). The zero-order chi connectivity index (χ0) is 12.3. The zero-order valence-corrected chi connectivity index (χ0v) is 8.69. The Hall–Kier alpha value is -2.17. The van der Waals surface area contributed by atoms with Gasteiger partial charge in [0.05, 0.1) is 6.42 Å². The van der Waals surface area contributed by atoms with Crippen molar-refractivity contribution < 1.29 is 19.5 Å². The number of hydrogen-bond acceptors (Lipinski definition) is 4. The first-order valence-electron chi connectivity index (χ1n) is 4.56. The maximum Gasteiger partial charge on any atom is 0.248 e. The van der Waals surface area contributed by atoms with Crippen LogP contribution in [-0.4, -0.2) is 22.6 Å². The number of phenols is 1. The van der Waals surface area contributed by atoms with E-state index in [4.69, 9.17) is 5.73 Å². The van der Waals surface area contributed by atoms with Crippen molar-refractivity contribution in [3.8, 4) is 5.75 Å². The molecule has 3 N–H and O–H groups in total. The molecule has 0 bridgehead atoms. The van der Waals surface area contributed by atoms with Gasteiger partial charge < -0.3 is 10.8 Å². The lowest BCUT2D eigenvalue weighted by molar-refractivity contribution is -0.116. The van der Waals surface area contributed by atoms with Gasteiger partial charge in [0.2, 0.25) is 5.91 Å². The molecule has 16 heavy (non-hydrogen) atoms. The monoisotopic (exact) mass is 221 g/mol. The van der Waals surface area contributed by atoms with E-state index in [1.807, 2.05) is 0 Å². The van der Waals surface area contributed by atoms with Gasteiger partial charge in [0, 0.05) is 11.1 Å². The van der Waals surface area contributed by atoms with Crippen molar-refractivity contribution in [2.75, 3.05) is 0 Å². The van der Waals surface area contributed by atoms with Crippen LogP contribution in [0.4, 0.5) is 0 Å². The summed E-state index contributed by atoms with van der Waals surface area (Å²) in [6.45, 7) is 1.29. The first kappa shape index (κ1) is 11.9. The van der Waals surface area contributed by atoms with Crippen LogP contribution in [0, 0.1) is 0 Å². The molecule has 0 spiro atoms. The Bertz CT molecular complexity index is 465. The number of Topliss-reactive ketones (excluding diaryl/α,β-unsaturated/α-hetero) is 2. The number of primary amides is 1. The predicted molar refractivity (Wildman–Crippen MR) is 56.3 cm³/mol. The lowest BCUT2D eigenvalue weighted by Crippen LogP contribution is -2.12. The molecule has 5 nitrogen and oxygen atoms in total. The minimum absolute atomic E-state index is 0.0342. The average Bonchev–Trinajstić information content (AvgIpc) is 2.15. The SMILES string of the molecule is CC(=O)CC(=O)c1cc(O)cc(C(N)=O)c1. The number of benzene rings is 1. The van der Waals surface area contributed by atoms with Gasteiger partial charge in [-0.1, -0.05) is 0 Å². The first-order chi connectivity index (χ1) is 7.40. The maximum absolute atomic E-state index is 11.5. The molecule has 0 radical (unpaired) electrons. The average molecular weight is 221 g/mol. The van der Waals surface area contributed by atoms with E-state index in [0.717, 1.165) is 6.07 Å². The fraction of sp³-hybridized carbons (Fsp3) is 0.182. The van der Waals surface area contributed by atoms with Crippen LogP contribution in [-0.2, 0) is 4.79 Å². The van der Waals surface area contributed by atoms with Crippen LogP contribution in [0.5, 0.6) is 5.75 Å². The molecule has 1 aromatic carbocycles. The fourth-order valence-corrected chi connectivity index (χ4v) is 1.24. The van der Waals surface area contributed by atoms with Gasteiger partial charge in [-0.15, -0.1) is 0 Å². The lowest BCUT2D eigenvalue weighted by atomic mass is 10.0. The summed E-state index contributed by atoms with van der Waals surface area (Å²) in [5.41, 5.74) is 5.16. The Morgan fingerprint density at radius 2 is 1.75 bits per heavy atom. The molecule has 0 saturated heterocycles. The summed E-state index contributed by atoms with van der Waals surface area (Å²) < 4.78 is 0. The van der Waals surface area contributed by atoms with Crippen molar-refractivity contribution in [2.24, 2.45) is 5.73 Å². The smallest absolute Gasteiger partial charge is 0.248 e. The summed E-state index contributed by atoms with van der Waals surface area (Å²) in [5.74, 6) is -1.71. The number of nitrogens with two attached hydrogens (primary N) is 1. The van der Waals surface area contributed by atoms with Crippen molar-refractivity contribution in [1.82, 2.24) is 0 Å². The molecule has 1 amide bonds. The van der Waals surface area contributed by atoms with Gasteiger partial charge in [-0.2, -0.15) is 0 Å². The number of phenolic OH excluding ortho intramolecular Hbond substituents is 1. The van der Waals surface area contributed by atoms with Crippen molar-refractivity contribution in [3.05, 3.63) is 29.3 Å². The van der Waals surface area contributed by atoms with Crippen LogP contribution in [0.3, 0.4) is 0 Å². The molecular weight excluding hydrogens is 210 g/mol. The van der Waals surface area contributed by atoms with Crippen LogP contribution < -0.4 is 5.73 Å². The Morgan fingerprint density at radius 3 is 2.25 bits per heavy atom. The van der Waals surface area contributed by atoms with E-state index in [-0.39, 0.29) is 29.1 Å². The summed E-state index contributed by atoms with van der Waals surface area (Å²) in [5, 5.41) is 9.28. The molecule has 84 valence electrons. The molecule has 0 heterocycles. The van der Waals surface area contributed by atoms with Crippen LogP contribution in [0.2, 0.25) is 0 Å². The van der Waals surface area contributed by atoms with Gasteiger partial charge >= 0.3 is 0 Å². The molecule has 0 aromatic heterocycles. The van der Waals surface area contributed by atoms with E-state index < -0.39 is 11.7 Å². The summed E-state index contributed by atoms with van der Waals surface area (Å²) in [7, 11) is 0. The Labute approximate surface area is 91.9 Å². The molecule has 0 atom stereocenters. The van der Waals surface area contributed by atoms with Gasteiger partial charge in [-0.25, -0.2) is 0 Å². The third-order valence-corrected chi connectivity index (χ3v) is 1.93. The quantitative estimate of drug-likeness (QED) is 0.576. The van der Waals surface area contributed by atoms with Crippen molar-refractivity contribution in [1.29, 1.82) is 0 Å². The van der Waals surface area contributed by atoms with Crippen LogP contribution in [0.25, 0.3) is 0 Å². The molecule has 5 heteroatoms. The molecule has 0 fully saturated rings. The summed E-state index contributed by atoms with van der Waals surface area (Å²) in [4.78, 5) is 33.1. The number of carbonyl (C=O) groups excluding carboxylic acids is 3. The van der Waals surface area contributed by atoms with E-state index >= 15 is 0 Å². The van der Waals surface area contributed by atoms with Crippen LogP contribution in [0.1, 0.15) is 34.1 Å². The number of aromatic hydroxyl groups is 1. The second-order valence-electron chi connectivity index (χ2n) is 3.43. The summed E-state index contributed by atoms with van der Waals surface area (Å²) >= 11 is 0.